The lowest BCUT2D eigenvalue weighted by Crippen LogP contribution is -2.06. The molecule has 0 aliphatic rings. The Morgan fingerprint density at radius 2 is 2.06 bits per heavy atom. The van der Waals surface area contributed by atoms with Gasteiger partial charge in [0, 0.05) is 0 Å². The highest BCUT2D eigenvalue weighted by molar-refractivity contribution is 5.90. The second-order valence-corrected chi connectivity index (χ2v) is 3.75. The van der Waals surface area contributed by atoms with Gasteiger partial charge in [-0.2, -0.15) is 5.10 Å². The Kier molecular flexibility index (Phi) is 3.41. The third-order valence-corrected chi connectivity index (χ3v) is 2.58. The fourth-order valence-corrected chi connectivity index (χ4v) is 1.66. The van der Waals surface area contributed by atoms with Gasteiger partial charge in [-0.1, -0.05) is 0 Å². The molecule has 2 rings (SSSR count). The fourth-order valence-electron chi connectivity index (χ4n) is 1.66. The Balaban J connectivity index is 2.36. The van der Waals surface area contributed by atoms with Crippen molar-refractivity contribution in [3.63, 3.8) is 0 Å². The van der Waals surface area contributed by atoms with Crippen LogP contribution in [0.3, 0.4) is 0 Å². The van der Waals surface area contributed by atoms with Crippen LogP contribution in [0.2, 0.25) is 0 Å². The molecule has 0 bridgehead atoms. The van der Waals surface area contributed by atoms with E-state index in [4.69, 9.17) is 4.74 Å². The number of aromatic nitrogens is 2. The zero-order valence-electron chi connectivity index (χ0n) is 10.2. The molecule has 0 aliphatic carbocycles. The lowest BCUT2D eigenvalue weighted by molar-refractivity contribution is 0.0525. The molecule has 0 atom stereocenters. The van der Waals surface area contributed by atoms with Crippen molar-refractivity contribution in [2.24, 2.45) is 0 Å². The van der Waals surface area contributed by atoms with E-state index in [0.717, 1.165) is 0 Å². The molecular weight excluding hydrogens is 235 g/mol. The van der Waals surface area contributed by atoms with E-state index in [2.05, 4.69) is 5.10 Å². The molecule has 0 unspecified atom stereocenters. The Bertz CT molecular complexity index is 561. The summed E-state index contributed by atoms with van der Waals surface area (Å²) in [6.45, 7) is 3.83. The molecule has 1 aromatic carbocycles. The lowest BCUT2D eigenvalue weighted by atomic mass is 10.2. The molecule has 94 valence electrons. The standard InChI is InChI=1S/C13H13FN2O2/c1-3-18-13(17)12-8-15-16(9(12)2)11-6-4-10(14)5-7-11/h4-8H,3H2,1-2H3. The van der Waals surface area contributed by atoms with Crippen molar-refractivity contribution in [1.82, 2.24) is 9.78 Å². The number of benzene rings is 1. The van der Waals surface area contributed by atoms with Crippen LogP contribution in [0.1, 0.15) is 23.0 Å². The molecule has 1 aromatic heterocycles. The quantitative estimate of drug-likeness (QED) is 0.784. The summed E-state index contributed by atoms with van der Waals surface area (Å²) in [7, 11) is 0. The molecule has 0 saturated heterocycles. The number of carbonyl (C=O) groups excluding carboxylic acids is 1. The summed E-state index contributed by atoms with van der Waals surface area (Å²) in [4.78, 5) is 11.6. The number of hydrogen-bond donors (Lipinski definition) is 0. The first-order chi connectivity index (χ1) is 8.63. The molecule has 0 fully saturated rings. The van der Waals surface area contributed by atoms with Gasteiger partial charge in [0.05, 0.1) is 24.2 Å². The van der Waals surface area contributed by atoms with Crippen molar-refractivity contribution >= 4 is 5.97 Å². The zero-order valence-corrected chi connectivity index (χ0v) is 10.2. The Morgan fingerprint density at radius 3 is 2.67 bits per heavy atom. The highest BCUT2D eigenvalue weighted by Gasteiger charge is 2.15. The first kappa shape index (κ1) is 12.3. The Labute approximate surface area is 104 Å². The average Bonchev–Trinajstić information content (AvgIpc) is 2.73. The number of rotatable bonds is 3. The number of esters is 1. The molecule has 18 heavy (non-hydrogen) atoms. The summed E-state index contributed by atoms with van der Waals surface area (Å²) in [5.41, 5.74) is 1.78. The number of halogens is 1. The van der Waals surface area contributed by atoms with Crippen LogP contribution in [0, 0.1) is 12.7 Å². The third-order valence-electron chi connectivity index (χ3n) is 2.58. The van der Waals surface area contributed by atoms with Crippen molar-refractivity contribution in [3.8, 4) is 5.69 Å². The molecule has 4 nitrogen and oxygen atoms in total. The second kappa shape index (κ2) is 5.00. The highest BCUT2D eigenvalue weighted by Crippen LogP contribution is 2.15. The maximum atomic E-state index is 12.8. The summed E-state index contributed by atoms with van der Waals surface area (Å²) in [5.74, 6) is -0.711. The molecule has 0 amide bonds. The second-order valence-electron chi connectivity index (χ2n) is 3.75. The summed E-state index contributed by atoms with van der Waals surface area (Å²) in [6, 6.07) is 5.90. The summed E-state index contributed by atoms with van der Waals surface area (Å²) < 4.78 is 19.3. The normalized spacial score (nSPS) is 10.4. The molecule has 1 heterocycles. The van der Waals surface area contributed by atoms with Crippen LogP contribution in [0.15, 0.2) is 30.5 Å². The van der Waals surface area contributed by atoms with Gasteiger partial charge in [0.2, 0.25) is 0 Å². The fraction of sp³-hybridized carbons (Fsp3) is 0.231. The SMILES string of the molecule is CCOC(=O)c1cnn(-c2ccc(F)cc2)c1C. The van der Waals surface area contributed by atoms with E-state index in [1.54, 1.807) is 30.7 Å². The van der Waals surface area contributed by atoms with Crippen LogP contribution >= 0.6 is 0 Å². The van der Waals surface area contributed by atoms with Crippen molar-refractivity contribution in [2.45, 2.75) is 13.8 Å². The molecule has 2 aromatic rings. The minimum atomic E-state index is -0.400. The van der Waals surface area contributed by atoms with E-state index in [1.165, 1.54) is 18.3 Å². The van der Waals surface area contributed by atoms with Crippen LogP contribution in [0.4, 0.5) is 4.39 Å². The van der Waals surface area contributed by atoms with E-state index in [9.17, 15) is 9.18 Å². The monoisotopic (exact) mass is 248 g/mol. The van der Waals surface area contributed by atoms with Gasteiger partial charge in [0.15, 0.2) is 0 Å². The van der Waals surface area contributed by atoms with Gasteiger partial charge in [-0.15, -0.1) is 0 Å². The first-order valence-electron chi connectivity index (χ1n) is 5.61. The van der Waals surface area contributed by atoms with Crippen LogP contribution in [0.5, 0.6) is 0 Å². The van der Waals surface area contributed by atoms with Gasteiger partial charge in [0.25, 0.3) is 0 Å². The smallest absolute Gasteiger partial charge is 0.341 e. The predicted octanol–water partition coefficient (Wildman–Crippen LogP) is 2.50. The van der Waals surface area contributed by atoms with Gasteiger partial charge in [-0.3, -0.25) is 0 Å². The average molecular weight is 248 g/mol. The maximum absolute atomic E-state index is 12.8. The van der Waals surface area contributed by atoms with Crippen molar-refractivity contribution < 1.29 is 13.9 Å². The van der Waals surface area contributed by atoms with E-state index in [0.29, 0.717) is 23.6 Å². The number of hydrogen-bond acceptors (Lipinski definition) is 3. The minimum absolute atomic E-state index is 0.311. The minimum Gasteiger partial charge on any atom is -0.462 e. The van der Waals surface area contributed by atoms with Crippen LogP contribution < -0.4 is 0 Å². The van der Waals surface area contributed by atoms with Gasteiger partial charge in [-0.25, -0.2) is 13.9 Å². The zero-order chi connectivity index (χ0) is 13.1. The van der Waals surface area contributed by atoms with Gasteiger partial charge in [0.1, 0.15) is 11.4 Å². The molecule has 0 aliphatic heterocycles. The van der Waals surface area contributed by atoms with E-state index in [1.807, 2.05) is 0 Å². The Hall–Kier alpha value is -2.17. The van der Waals surface area contributed by atoms with Gasteiger partial charge in [-0.05, 0) is 38.1 Å². The van der Waals surface area contributed by atoms with Gasteiger partial charge < -0.3 is 4.74 Å². The number of nitrogens with zero attached hydrogens (tertiary/aromatic N) is 2. The lowest BCUT2D eigenvalue weighted by Gasteiger charge is -2.05. The maximum Gasteiger partial charge on any atom is 0.341 e. The summed E-state index contributed by atoms with van der Waals surface area (Å²) >= 11 is 0. The van der Waals surface area contributed by atoms with Crippen LogP contribution in [-0.2, 0) is 4.74 Å². The highest BCUT2D eigenvalue weighted by atomic mass is 19.1. The molecule has 5 heteroatoms. The molecular formula is C13H13FN2O2. The molecule has 0 spiro atoms. The largest absolute Gasteiger partial charge is 0.462 e. The predicted molar refractivity (Wildman–Crippen MR) is 64.2 cm³/mol. The van der Waals surface area contributed by atoms with Crippen molar-refractivity contribution in [2.75, 3.05) is 6.61 Å². The summed E-state index contributed by atoms with van der Waals surface area (Å²) in [5, 5.41) is 4.11. The van der Waals surface area contributed by atoms with Crippen LogP contribution in [0.25, 0.3) is 5.69 Å². The number of ether oxygens (including phenoxy) is 1. The van der Waals surface area contributed by atoms with Gasteiger partial charge >= 0.3 is 5.97 Å². The molecule has 0 radical (unpaired) electrons. The topological polar surface area (TPSA) is 44.1 Å². The Morgan fingerprint density at radius 1 is 1.39 bits per heavy atom. The third kappa shape index (κ3) is 2.25. The molecule has 0 saturated carbocycles. The number of carbonyl (C=O) groups is 1. The van der Waals surface area contributed by atoms with Crippen molar-refractivity contribution in [3.05, 3.63) is 47.5 Å². The van der Waals surface area contributed by atoms with E-state index in [-0.39, 0.29) is 5.82 Å². The first-order valence-corrected chi connectivity index (χ1v) is 5.61. The van der Waals surface area contributed by atoms with E-state index >= 15 is 0 Å². The van der Waals surface area contributed by atoms with E-state index < -0.39 is 5.97 Å². The summed E-state index contributed by atoms with van der Waals surface area (Å²) in [6.07, 6.45) is 1.46. The van der Waals surface area contributed by atoms with Crippen LogP contribution in [-0.4, -0.2) is 22.4 Å². The van der Waals surface area contributed by atoms with Crippen molar-refractivity contribution in [1.29, 1.82) is 0 Å². The molecule has 0 N–H and O–H groups in total.